The van der Waals surface area contributed by atoms with Crippen molar-refractivity contribution < 1.29 is 13.9 Å². The van der Waals surface area contributed by atoms with E-state index in [9.17, 15) is 9.59 Å². The molecule has 178 valence electrons. The molecule has 4 aromatic rings. The van der Waals surface area contributed by atoms with Gasteiger partial charge in [-0.05, 0) is 60.9 Å². The molecule has 0 saturated carbocycles. The zero-order chi connectivity index (χ0) is 24.5. The number of benzene rings is 3. The Labute approximate surface area is 208 Å². The Kier molecular flexibility index (Phi) is 6.35. The summed E-state index contributed by atoms with van der Waals surface area (Å²) in [6.07, 6.45) is 2.85. The van der Waals surface area contributed by atoms with Gasteiger partial charge in [-0.3, -0.25) is 9.59 Å². The highest BCUT2D eigenvalue weighted by Gasteiger charge is 2.42. The van der Waals surface area contributed by atoms with Gasteiger partial charge in [-0.15, -0.1) is 0 Å². The molecule has 0 radical (unpaired) electrons. The fraction of sp³-hybridized carbons (Fsp3) is 0.241. The van der Waals surface area contributed by atoms with Gasteiger partial charge in [-0.1, -0.05) is 61.7 Å². The zero-order valence-corrected chi connectivity index (χ0v) is 20.5. The molecule has 0 bridgehead atoms. The van der Waals surface area contributed by atoms with E-state index in [1.165, 1.54) is 0 Å². The van der Waals surface area contributed by atoms with Gasteiger partial charge in [-0.25, -0.2) is 0 Å². The zero-order valence-electron chi connectivity index (χ0n) is 19.7. The maximum absolute atomic E-state index is 13.7. The van der Waals surface area contributed by atoms with E-state index in [0.29, 0.717) is 39.6 Å². The molecule has 5 nitrogen and oxygen atoms in total. The topological polar surface area (TPSA) is 59.8 Å². The van der Waals surface area contributed by atoms with Gasteiger partial charge >= 0.3 is 0 Å². The maximum Gasteiger partial charge on any atom is 0.290 e. The van der Waals surface area contributed by atoms with Gasteiger partial charge in [0.1, 0.15) is 17.1 Å². The molecule has 1 aromatic heterocycles. The third-order valence-electron chi connectivity index (χ3n) is 6.40. The molecule has 1 unspecified atom stereocenters. The van der Waals surface area contributed by atoms with Gasteiger partial charge in [0, 0.05) is 11.6 Å². The fourth-order valence-electron chi connectivity index (χ4n) is 4.62. The second kappa shape index (κ2) is 9.59. The molecule has 5 rings (SSSR count). The predicted molar refractivity (Wildman–Crippen MR) is 138 cm³/mol. The first kappa shape index (κ1) is 23.2. The molecule has 2 heterocycles. The number of nitrogens with zero attached hydrogens (tertiary/aromatic N) is 1. The normalized spacial score (nSPS) is 15.0. The number of para-hydroxylation sites is 1. The van der Waals surface area contributed by atoms with Crippen molar-refractivity contribution in [3.05, 3.63) is 104 Å². The minimum absolute atomic E-state index is 0.111. The van der Waals surface area contributed by atoms with Crippen molar-refractivity contribution in [3.63, 3.8) is 0 Å². The summed E-state index contributed by atoms with van der Waals surface area (Å²) in [5.41, 5.74) is 2.09. The number of carbonyl (C=O) groups is 1. The highest BCUT2D eigenvalue weighted by molar-refractivity contribution is 6.32. The lowest BCUT2D eigenvalue weighted by atomic mass is 9.98. The minimum atomic E-state index is -0.561. The molecule has 1 aliphatic heterocycles. The number of aryl methyl sites for hydroxylation is 1. The average Bonchev–Trinajstić information content (AvgIpc) is 3.13. The van der Waals surface area contributed by atoms with Crippen LogP contribution in [0.3, 0.4) is 0 Å². The summed E-state index contributed by atoms with van der Waals surface area (Å²) >= 11 is 6.33. The van der Waals surface area contributed by atoms with Crippen molar-refractivity contribution in [2.75, 3.05) is 6.54 Å². The Balaban J connectivity index is 1.64. The van der Waals surface area contributed by atoms with E-state index in [4.69, 9.17) is 20.8 Å². The summed E-state index contributed by atoms with van der Waals surface area (Å²) < 4.78 is 12.1. The Morgan fingerprint density at radius 1 is 0.971 bits per heavy atom. The first-order valence-corrected chi connectivity index (χ1v) is 12.3. The SMILES string of the molecule is CCCCCN1C(=O)c2oc3cc(C)c(Cl)cc3c(=O)c2C1c1cccc(Oc2ccccc2)c1. The third-order valence-corrected chi connectivity index (χ3v) is 6.81. The van der Waals surface area contributed by atoms with Crippen LogP contribution in [0.2, 0.25) is 5.02 Å². The van der Waals surface area contributed by atoms with E-state index in [0.717, 1.165) is 30.4 Å². The van der Waals surface area contributed by atoms with Crippen LogP contribution in [0.25, 0.3) is 11.0 Å². The molecule has 0 aliphatic carbocycles. The van der Waals surface area contributed by atoms with Gasteiger partial charge in [0.15, 0.2) is 5.43 Å². The number of ether oxygens (including phenoxy) is 1. The van der Waals surface area contributed by atoms with Gasteiger partial charge in [0.05, 0.1) is 17.0 Å². The van der Waals surface area contributed by atoms with Gasteiger partial charge < -0.3 is 14.1 Å². The number of hydrogen-bond donors (Lipinski definition) is 0. The summed E-state index contributed by atoms with van der Waals surface area (Å²) in [7, 11) is 0. The summed E-state index contributed by atoms with van der Waals surface area (Å²) in [5, 5.41) is 0.868. The van der Waals surface area contributed by atoms with Crippen LogP contribution in [0.1, 0.15) is 59.5 Å². The molecule has 3 aromatic carbocycles. The van der Waals surface area contributed by atoms with Gasteiger partial charge in [0.25, 0.3) is 5.91 Å². The van der Waals surface area contributed by atoms with Crippen molar-refractivity contribution in [1.82, 2.24) is 4.90 Å². The van der Waals surface area contributed by atoms with Crippen molar-refractivity contribution in [2.45, 2.75) is 39.2 Å². The second-order valence-corrected chi connectivity index (χ2v) is 9.27. The van der Waals surface area contributed by atoms with Gasteiger partial charge in [-0.2, -0.15) is 0 Å². The molecule has 0 fully saturated rings. The molecule has 0 N–H and O–H groups in total. The molecule has 1 aliphatic rings. The predicted octanol–water partition coefficient (Wildman–Crippen LogP) is 7.28. The molecular formula is C29H26ClNO4. The van der Waals surface area contributed by atoms with Crippen LogP contribution in [-0.4, -0.2) is 17.4 Å². The molecule has 0 saturated heterocycles. The van der Waals surface area contributed by atoms with E-state index in [-0.39, 0.29) is 17.1 Å². The van der Waals surface area contributed by atoms with Crippen LogP contribution in [0, 0.1) is 6.92 Å². The largest absolute Gasteiger partial charge is 0.457 e. The number of halogens is 1. The van der Waals surface area contributed by atoms with E-state index >= 15 is 0 Å². The third kappa shape index (κ3) is 4.32. The van der Waals surface area contributed by atoms with Crippen molar-refractivity contribution in [2.24, 2.45) is 0 Å². The average molecular weight is 488 g/mol. The van der Waals surface area contributed by atoms with Crippen molar-refractivity contribution in [1.29, 1.82) is 0 Å². The Hall–Kier alpha value is -3.57. The lowest BCUT2D eigenvalue weighted by Crippen LogP contribution is -2.30. The van der Waals surface area contributed by atoms with Crippen LogP contribution < -0.4 is 10.2 Å². The summed E-state index contributed by atoms with van der Waals surface area (Å²) in [6.45, 7) is 4.49. The van der Waals surface area contributed by atoms with Crippen LogP contribution >= 0.6 is 11.6 Å². The monoisotopic (exact) mass is 487 g/mol. The van der Waals surface area contributed by atoms with Crippen molar-refractivity contribution >= 4 is 28.5 Å². The maximum atomic E-state index is 13.7. The van der Waals surface area contributed by atoms with Crippen molar-refractivity contribution in [3.8, 4) is 11.5 Å². The number of amides is 1. The Morgan fingerprint density at radius 3 is 2.51 bits per heavy atom. The first-order chi connectivity index (χ1) is 17.0. The smallest absolute Gasteiger partial charge is 0.290 e. The highest BCUT2D eigenvalue weighted by atomic mass is 35.5. The lowest BCUT2D eigenvalue weighted by Gasteiger charge is -2.25. The number of carbonyl (C=O) groups excluding carboxylic acids is 1. The summed E-state index contributed by atoms with van der Waals surface area (Å²) in [4.78, 5) is 29.0. The first-order valence-electron chi connectivity index (χ1n) is 11.9. The molecule has 35 heavy (non-hydrogen) atoms. The summed E-state index contributed by atoms with van der Waals surface area (Å²) in [6, 6.07) is 19.8. The fourth-order valence-corrected chi connectivity index (χ4v) is 4.79. The van der Waals surface area contributed by atoms with Gasteiger partial charge in [0.2, 0.25) is 5.76 Å². The number of unbranched alkanes of at least 4 members (excludes halogenated alkanes) is 2. The van der Waals surface area contributed by atoms with E-state index in [1.54, 1.807) is 17.0 Å². The number of hydrogen-bond acceptors (Lipinski definition) is 4. The lowest BCUT2D eigenvalue weighted by molar-refractivity contribution is 0.0724. The molecule has 6 heteroatoms. The standard InChI is InChI=1S/C29H26ClNO4/c1-3-4-8-14-31-26(19-10-9-13-21(16-19)34-20-11-6-5-7-12-20)25-27(32)22-17-23(30)18(2)15-24(22)35-28(25)29(31)33/h5-7,9-13,15-17,26H,3-4,8,14H2,1-2H3. The molecule has 0 spiro atoms. The number of fused-ring (bicyclic) bond motifs is 2. The van der Waals surface area contributed by atoms with Crippen LogP contribution in [0.5, 0.6) is 11.5 Å². The number of rotatable bonds is 7. The Morgan fingerprint density at radius 2 is 1.74 bits per heavy atom. The van der Waals surface area contributed by atoms with E-state index < -0.39 is 6.04 Å². The minimum Gasteiger partial charge on any atom is -0.457 e. The molecular weight excluding hydrogens is 462 g/mol. The quantitative estimate of drug-likeness (QED) is 0.257. The molecule has 1 amide bonds. The van der Waals surface area contributed by atoms with E-state index in [1.807, 2.05) is 61.5 Å². The van der Waals surface area contributed by atoms with E-state index in [2.05, 4.69) is 6.92 Å². The van der Waals surface area contributed by atoms with Crippen LogP contribution in [-0.2, 0) is 0 Å². The Bertz CT molecular complexity index is 1460. The highest BCUT2D eigenvalue weighted by Crippen LogP contribution is 2.40. The summed E-state index contributed by atoms with van der Waals surface area (Å²) in [5.74, 6) is 1.19. The van der Waals surface area contributed by atoms with Crippen LogP contribution in [0.4, 0.5) is 0 Å². The van der Waals surface area contributed by atoms with Crippen LogP contribution in [0.15, 0.2) is 75.9 Å². The second-order valence-electron chi connectivity index (χ2n) is 8.87. The molecule has 1 atom stereocenters.